The topological polar surface area (TPSA) is 32.3 Å². The molecule has 24 heavy (non-hydrogen) atoms. The largest absolute Gasteiger partial charge is 0.409 e. The van der Waals surface area contributed by atoms with E-state index in [-0.39, 0.29) is 24.4 Å². The molecule has 3 rings (SSSR count). The van der Waals surface area contributed by atoms with Crippen LogP contribution in [-0.2, 0) is 11.2 Å². The Morgan fingerprint density at radius 3 is 2.58 bits per heavy atom. The number of carbonyl (C=O) groups is 1. The van der Waals surface area contributed by atoms with Crippen LogP contribution in [0.5, 0.6) is 0 Å². The molecule has 1 aliphatic heterocycles. The molecule has 0 aliphatic carbocycles. The third kappa shape index (κ3) is 3.11. The fourth-order valence-corrected chi connectivity index (χ4v) is 3.35. The fourth-order valence-electron chi connectivity index (χ4n) is 3.35. The van der Waals surface area contributed by atoms with Crippen molar-refractivity contribution in [2.24, 2.45) is 0 Å². The van der Waals surface area contributed by atoms with Gasteiger partial charge in [-0.05, 0) is 28.3 Å². The summed E-state index contributed by atoms with van der Waals surface area (Å²) in [5, 5.41) is 2.79. The number of hydrazine groups is 1. The van der Waals surface area contributed by atoms with Crippen LogP contribution in [0, 0.1) is 0 Å². The van der Waals surface area contributed by atoms with Gasteiger partial charge in [0.05, 0.1) is 0 Å². The van der Waals surface area contributed by atoms with E-state index in [1.807, 2.05) is 31.2 Å². The van der Waals surface area contributed by atoms with Crippen molar-refractivity contribution in [2.75, 3.05) is 6.54 Å². The van der Waals surface area contributed by atoms with Gasteiger partial charge in [0.2, 0.25) is 5.91 Å². The molecular weight excluding hydrogens is 317 g/mol. The number of hydrogen-bond acceptors (Lipinski definition) is 2. The van der Waals surface area contributed by atoms with Gasteiger partial charge in [0.1, 0.15) is 6.04 Å². The molecule has 128 valence electrons. The van der Waals surface area contributed by atoms with Crippen molar-refractivity contribution in [3.63, 3.8) is 0 Å². The summed E-state index contributed by atoms with van der Waals surface area (Å²) in [4.78, 5) is 11.4. The number of fused-ring (bicyclic) bond motifs is 1. The van der Waals surface area contributed by atoms with Crippen molar-refractivity contribution < 1.29 is 18.0 Å². The number of rotatable bonds is 4. The summed E-state index contributed by atoms with van der Waals surface area (Å²) in [6, 6.07) is 8.93. The van der Waals surface area contributed by atoms with Gasteiger partial charge in [-0.2, -0.15) is 13.2 Å². The second-order valence-electron chi connectivity index (χ2n) is 6.03. The Morgan fingerprint density at radius 2 is 1.96 bits per heavy atom. The maximum atomic E-state index is 13.8. The molecule has 0 saturated carbocycles. The summed E-state index contributed by atoms with van der Waals surface area (Å²) in [6.45, 7) is 2.01. The highest BCUT2D eigenvalue weighted by atomic mass is 19.4. The van der Waals surface area contributed by atoms with Crippen LogP contribution in [0.2, 0.25) is 0 Å². The Kier molecular flexibility index (Phi) is 4.49. The van der Waals surface area contributed by atoms with Crippen LogP contribution in [0.4, 0.5) is 13.2 Å². The first kappa shape index (κ1) is 16.8. The highest BCUT2D eigenvalue weighted by molar-refractivity contribution is 5.87. The van der Waals surface area contributed by atoms with Gasteiger partial charge in [-0.3, -0.25) is 10.2 Å². The van der Waals surface area contributed by atoms with E-state index in [9.17, 15) is 18.0 Å². The zero-order chi connectivity index (χ0) is 17.3. The first-order valence-corrected chi connectivity index (χ1v) is 8.05. The summed E-state index contributed by atoms with van der Waals surface area (Å²) < 4.78 is 41.4. The SMILES string of the molecule is CCCc1c([C@H](N2CCC(=O)N2)C(F)(F)F)ccc2ccccc12. The predicted octanol–water partition coefficient (Wildman–Crippen LogP) is 4.13. The Morgan fingerprint density at radius 1 is 1.21 bits per heavy atom. The number of benzene rings is 2. The van der Waals surface area contributed by atoms with Crippen LogP contribution in [-0.4, -0.2) is 23.6 Å². The number of nitrogens with zero attached hydrogens (tertiary/aromatic N) is 1. The first-order chi connectivity index (χ1) is 11.4. The quantitative estimate of drug-likeness (QED) is 0.910. The minimum atomic E-state index is -4.47. The Labute approximate surface area is 138 Å². The molecule has 0 bridgehead atoms. The predicted molar refractivity (Wildman–Crippen MR) is 86.2 cm³/mol. The van der Waals surface area contributed by atoms with Gasteiger partial charge in [-0.15, -0.1) is 0 Å². The molecule has 1 amide bonds. The van der Waals surface area contributed by atoms with Gasteiger partial charge in [-0.25, -0.2) is 5.01 Å². The van der Waals surface area contributed by atoms with Crippen LogP contribution in [0.15, 0.2) is 36.4 Å². The van der Waals surface area contributed by atoms with Crippen molar-refractivity contribution >= 4 is 16.7 Å². The molecule has 2 aromatic rings. The van der Waals surface area contributed by atoms with E-state index in [0.29, 0.717) is 12.0 Å². The van der Waals surface area contributed by atoms with E-state index in [0.717, 1.165) is 22.2 Å². The van der Waals surface area contributed by atoms with Crippen LogP contribution in [0.1, 0.15) is 36.9 Å². The third-order valence-corrected chi connectivity index (χ3v) is 4.34. The minimum Gasteiger partial charge on any atom is -0.288 e. The van der Waals surface area contributed by atoms with Crippen LogP contribution in [0.25, 0.3) is 10.8 Å². The van der Waals surface area contributed by atoms with Crippen molar-refractivity contribution in [3.05, 3.63) is 47.5 Å². The van der Waals surface area contributed by atoms with E-state index < -0.39 is 12.2 Å². The Bertz CT molecular complexity index is 758. The lowest BCUT2D eigenvalue weighted by Gasteiger charge is -2.31. The maximum absolute atomic E-state index is 13.8. The van der Waals surface area contributed by atoms with Crippen molar-refractivity contribution in [2.45, 2.75) is 38.4 Å². The summed E-state index contributed by atoms with van der Waals surface area (Å²) in [5.41, 5.74) is 3.29. The highest BCUT2D eigenvalue weighted by Gasteiger charge is 2.47. The van der Waals surface area contributed by atoms with E-state index in [4.69, 9.17) is 0 Å². The molecule has 2 aromatic carbocycles. The standard InChI is InChI=1S/C18H19F3N2O/c1-2-5-14-13-7-4-3-6-12(13)8-9-15(14)17(18(19,20)21)23-11-10-16(24)22-23/h3-4,6-9,17H,2,5,10-11H2,1H3,(H,22,24)/t17-/m0/s1. The van der Waals surface area contributed by atoms with E-state index in [1.54, 1.807) is 12.1 Å². The van der Waals surface area contributed by atoms with Gasteiger partial charge in [0, 0.05) is 13.0 Å². The van der Waals surface area contributed by atoms with Gasteiger partial charge in [-0.1, -0.05) is 49.7 Å². The molecular formula is C18H19F3N2O. The van der Waals surface area contributed by atoms with Crippen molar-refractivity contribution in [3.8, 4) is 0 Å². The number of aryl methyl sites for hydroxylation is 1. The van der Waals surface area contributed by atoms with E-state index in [2.05, 4.69) is 5.43 Å². The monoisotopic (exact) mass is 336 g/mol. The summed E-state index contributed by atoms with van der Waals surface area (Å²) >= 11 is 0. The molecule has 0 radical (unpaired) electrons. The average Bonchev–Trinajstić information content (AvgIpc) is 2.94. The Balaban J connectivity index is 2.16. The number of carbonyl (C=O) groups excluding carboxylic acids is 1. The minimum absolute atomic E-state index is 0.0569. The van der Waals surface area contributed by atoms with Gasteiger partial charge >= 0.3 is 6.18 Å². The molecule has 1 atom stereocenters. The molecule has 1 saturated heterocycles. The molecule has 0 spiro atoms. The van der Waals surface area contributed by atoms with Crippen molar-refractivity contribution in [1.29, 1.82) is 0 Å². The van der Waals surface area contributed by atoms with Crippen LogP contribution < -0.4 is 5.43 Å². The second-order valence-corrected chi connectivity index (χ2v) is 6.03. The van der Waals surface area contributed by atoms with Gasteiger partial charge in [0.25, 0.3) is 0 Å². The number of halogens is 3. The average molecular weight is 336 g/mol. The third-order valence-electron chi connectivity index (χ3n) is 4.34. The molecule has 0 aromatic heterocycles. The Hall–Kier alpha value is -2.08. The van der Waals surface area contributed by atoms with E-state index in [1.165, 1.54) is 0 Å². The molecule has 1 heterocycles. The number of hydrogen-bond donors (Lipinski definition) is 1. The molecule has 1 fully saturated rings. The molecule has 3 nitrogen and oxygen atoms in total. The molecule has 1 N–H and O–H groups in total. The van der Waals surface area contributed by atoms with Crippen LogP contribution >= 0.6 is 0 Å². The first-order valence-electron chi connectivity index (χ1n) is 8.05. The molecule has 0 unspecified atom stereocenters. The fraction of sp³-hybridized carbons (Fsp3) is 0.389. The number of alkyl halides is 3. The maximum Gasteiger partial charge on any atom is 0.409 e. The lowest BCUT2D eigenvalue weighted by molar-refractivity contribution is -0.191. The smallest absolute Gasteiger partial charge is 0.288 e. The molecule has 1 aliphatic rings. The van der Waals surface area contributed by atoms with E-state index >= 15 is 0 Å². The lowest BCUT2D eigenvalue weighted by Crippen LogP contribution is -2.44. The molecule has 6 heteroatoms. The summed E-state index contributed by atoms with van der Waals surface area (Å²) in [6.07, 6.45) is -3.07. The lowest BCUT2D eigenvalue weighted by atomic mass is 9.91. The normalized spacial score (nSPS) is 17.2. The number of nitrogens with one attached hydrogen (secondary N) is 1. The van der Waals surface area contributed by atoms with Crippen LogP contribution in [0.3, 0.4) is 0 Å². The summed E-state index contributed by atoms with van der Waals surface area (Å²) in [7, 11) is 0. The van der Waals surface area contributed by atoms with Gasteiger partial charge in [0.15, 0.2) is 0 Å². The summed E-state index contributed by atoms with van der Waals surface area (Å²) in [5.74, 6) is -0.373. The van der Waals surface area contributed by atoms with Gasteiger partial charge < -0.3 is 0 Å². The zero-order valence-electron chi connectivity index (χ0n) is 13.4. The zero-order valence-corrected chi connectivity index (χ0v) is 13.4. The van der Waals surface area contributed by atoms with Crippen molar-refractivity contribution in [1.82, 2.24) is 10.4 Å². The highest BCUT2D eigenvalue weighted by Crippen LogP contribution is 2.41. The second kappa shape index (κ2) is 6.43. The number of amides is 1.